The monoisotopic (exact) mass is 1340 g/mol. The molecule has 0 atom stereocenters. The smallest absolute Gasteiger partial charge is 0.364 e. The van der Waals surface area contributed by atoms with Gasteiger partial charge in [-0.15, -0.1) is 0 Å². The van der Waals surface area contributed by atoms with Crippen molar-refractivity contribution in [1.29, 1.82) is 15.8 Å². The van der Waals surface area contributed by atoms with E-state index in [1.165, 1.54) is 58.7 Å². The summed E-state index contributed by atoms with van der Waals surface area (Å²) >= 11 is 0. The van der Waals surface area contributed by atoms with Gasteiger partial charge >= 0.3 is 17.8 Å². The van der Waals surface area contributed by atoms with Gasteiger partial charge in [0.05, 0.1) is 52.3 Å². The third-order valence-corrected chi connectivity index (χ3v) is 15.3. The number of nitrogens with one attached hydrogen (secondary N) is 7. The number of ether oxygens (including phenoxy) is 1. The third-order valence-electron chi connectivity index (χ3n) is 15.3. The molecule has 7 N–H and O–H groups in total. The highest BCUT2D eigenvalue weighted by molar-refractivity contribution is 6.09. The van der Waals surface area contributed by atoms with Gasteiger partial charge < -0.3 is 55.7 Å². The number of hydrogen-bond acceptors (Lipinski definition) is 11. The zero-order valence-corrected chi connectivity index (χ0v) is 54.7. The highest BCUT2D eigenvalue weighted by Crippen LogP contribution is 2.42. The van der Waals surface area contributed by atoms with Gasteiger partial charge in [-0.1, -0.05) is 0 Å². The largest absolute Gasteiger partial charge is 0.373 e. The SMILES string of the molecule is Cc1c(C(=O)Nc2ccc(F)c(C#N)c2)c2n(c1C(F)(F)C(=O)NC(C)(C)C)CCCC2.Cc1c(C(=O)Nc2ccc(F)c(C#N)c2)c2n(c1C(F)(F)C(=O)NC(C)(C)C)CCNC2.Cc1c(C(=O)Nc2ccc(F)c(C#N)c2)c2n(c1C(F)(F)C(=O)NC(C)(C)C)CCOC2. The lowest BCUT2D eigenvalue weighted by molar-refractivity contribution is -0.150. The maximum atomic E-state index is 15.3. The minimum atomic E-state index is -3.90. The van der Waals surface area contributed by atoms with Crippen LogP contribution >= 0.6 is 0 Å². The first-order valence-corrected chi connectivity index (χ1v) is 30.2. The molecule has 3 aliphatic rings. The number of carbonyl (C=O) groups is 6. The van der Waals surface area contributed by atoms with Crippen molar-refractivity contribution in [3.05, 3.63) is 156 Å². The molecule has 9 rings (SSSR count). The van der Waals surface area contributed by atoms with Crippen LogP contribution in [0, 0.1) is 72.2 Å². The predicted octanol–water partition coefficient (Wildman–Crippen LogP) is 11.2. The van der Waals surface area contributed by atoms with E-state index in [1.807, 2.05) is 0 Å². The number of halogens is 9. The first-order chi connectivity index (χ1) is 44.6. The summed E-state index contributed by atoms with van der Waals surface area (Å²) < 4.78 is 142. The Bertz CT molecular complexity index is 3800. The average molecular weight is 1340 g/mol. The van der Waals surface area contributed by atoms with Crippen molar-refractivity contribution in [2.75, 3.05) is 29.1 Å². The minimum Gasteiger partial charge on any atom is -0.373 e. The molecule has 0 spiro atoms. The second-order valence-electron chi connectivity index (χ2n) is 26.1. The molecule has 3 aromatic carbocycles. The van der Waals surface area contributed by atoms with E-state index in [0.717, 1.165) is 36.8 Å². The van der Waals surface area contributed by atoms with Crippen molar-refractivity contribution < 1.29 is 73.0 Å². The number of alkyl halides is 6. The molecule has 0 saturated heterocycles. The van der Waals surface area contributed by atoms with E-state index in [1.54, 1.807) is 80.5 Å². The minimum absolute atomic E-state index is 0.0123. The number of fused-ring (bicyclic) bond motifs is 3. The van der Waals surface area contributed by atoms with Gasteiger partial charge in [0.15, 0.2) is 0 Å². The van der Waals surface area contributed by atoms with Crippen molar-refractivity contribution in [2.24, 2.45) is 0 Å². The van der Waals surface area contributed by atoms with Gasteiger partial charge in [0, 0.05) is 77.8 Å². The van der Waals surface area contributed by atoms with E-state index in [9.17, 15) is 41.9 Å². The van der Waals surface area contributed by atoms with E-state index in [-0.39, 0.29) is 112 Å². The lowest BCUT2D eigenvalue weighted by atomic mass is 10.0. The molecule has 0 bridgehead atoms. The van der Waals surface area contributed by atoms with Crippen LogP contribution in [0.1, 0.15) is 174 Å². The van der Waals surface area contributed by atoms with Crippen LogP contribution in [0.4, 0.5) is 56.6 Å². The summed E-state index contributed by atoms with van der Waals surface area (Å²) in [5.74, 6) is -20.2. The molecule has 3 aliphatic heterocycles. The zero-order valence-electron chi connectivity index (χ0n) is 54.7. The highest BCUT2D eigenvalue weighted by Gasteiger charge is 2.51. The number of rotatable bonds is 12. The Morgan fingerprint density at radius 3 is 1.17 bits per heavy atom. The van der Waals surface area contributed by atoms with Crippen LogP contribution in [0.15, 0.2) is 54.6 Å². The molecule has 0 unspecified atom stereocenters. The molecule has 0 radical (unpaired) electrons. The number of anilines is 3. The lowest BCUT2D eigenvalue weighted by Crippen LogP contribution is -2.49. The Hall–Kier alpha value is -9.92. The standard InChI is InChI=1S/C23H25F3N4O2.C22H24F3N5O2.C22H23F3N4O3/c1-13-18(20(31)28-15-8-9-16(24)14(11-15)12-27)17-7-5-6-10-30(17)19(13)23(25,26)21(32)29-22(2,3)4;1-12-17(19(31)28-14-5-6-15(23)13(9-14)10-26)16-11-27-7-8-30(16)18(12)22(24,25)20(32)29-21(2,3)4;1-12-17(19(30)27-14-5-6-15(23)13(9-14)10-26)16-11-32-8-7-29(16)18(12)22(24,25)20(31)28-21(2,3)4/h8-9,11H,5-7,10H2,1-4H3,(H,28,31)(H,29,32);5-6,9,27H,7-8,11H2,1-4H3,(H,28,31)(H,29,32);5-6,9H,7-8,11H2,1-4H3,(H,27,30)(H,28,31). The maximum absolute atomic E-state index is 15.3. The van der Waals surface area contributed by atoms with Crippen molar-refractivity contribution in [2.45, 2.75) is 170 Å². The number of carbonyl (C=O) groups excluding carboxylic acids is 6. The normalized spacial score (nSPS) is 13.8. The number of benzene rings is 3. The van der Waals surface area contributed by atoms with Crippen LogP contribution < -0.4 is 37.2 Å². The fourth-order valence-electron chi connectivity index (χ4n) is 11.4. The topological polar surface area (TPSA) is 282 Å². The Labute approximate surface area is 547 Å². The van der Waals surface area contributed by atoms with Crippen molar-refractivity contribution in [1.82, 2.24) is 35.0 Å². The van der Waals surface area contributed by atoms with Crippen molar-refractivity contribution in [3.63, 3.8) is 0 Å². The number of aromatic nitrogens is 3. The molecule has 96 heavy (non-hydrogen) atoms. The molecule has 0 aliphatic carbocycles. The Kier molecular flexibility index (Phi) is 21.6. The molecule has 6 heterocycles. The quantitative estimate of drug-likeness (QED) is 0.0566. The van der Waals surface area contributed by atoms with Crippen LogP contribution in [-0.2, 0) is 76.1 Å². The number of nitriles is 3. The zero-order chi connectivity index (χ0) is 71.5. The second kappa shape index (κ2) is 28.2. The molecular weight excluding hydrogens is 1270 g/mol. The molecule has 3 aromatic heterocycles. The van der Waals surface area contributed by atoms with Gasteiger partial charge in [0.25, 0.3) is 35.4 Å². The van der Waals surface area contributed by atoms with Gasteiger partial charge in [0.1, 0.15) is 52.7 Å². The fraction of sp³-hybridized carbons (Fsp3) is 0.418. The number of amides is 6. The van der Waals surface area contributed by atoms with Crippen LogP contribution in [0.2, 0.25) is 0 Å². The van der Waals surface area contributed by atoms with E-state index in [0.29, 0.717) is 30.8 Å². The summed E-state index contributed by atoms with van der Waals surface area (Å²) in [6.07, 6.45) is 1.78. The summed E-state index contributed by atoms with van der Waals surface area (Å²) in [6, 6.07) is 15.5. The summed E-state index contributed by atoms with van der Waals surface area (Å²) in [5, 5.41) is 44.5. The van der Waals surface area contributed by atoms with Gasteiger partial charge in [-0.05, 0) is 174 Å². The molecule has 0 saturated carbocycles. The Morgan fingerprint density at radius 2 is 0.812 bits per heavy atom. The van der Waals surface area contributed by atoms with Gasteiger partial charge in [-0.3, -0.25) is 28.8 Å². The lowest BCUT2D eigenvalue weighted by Gasteiger charge is -2.27. The Balaban J connectivity index is 0.000000203. The van der Waals surface area contributed by atoms with Crippen molar-refractivity contribution in [3.8, 4) is 18.2 Å². The highest BCUT2D eigenvalue weighted by atomic mass is 19.3. The van der Waals surface area contributed by atoms with E-state index in [2.05, 4.69) is 37.2 Å². The fourth-order valence-corrected chi connectivity index (χ4v) is 11.4. The van der Waals surface area contributed by atoms with Crippen LogP contribution in [0.5, 0.6) is 0 Å². The molecule has 510 valence electrons. The molecule has 0 fully saturated rings. The summed E-state index contributed by atoms with van der Waals surface area (Å²) in [5.41, 5.74) is -3.55. The van der Waals surface area contributed by atoms with Gasteiger partial charge in [-0.2, -0.15) is 42.1 Å². The molecule has 6 aromatic rings. The van der Waals surface area contributed by atoms with Crippen LogP contribution in [-0.4, -0.2) is 78.9 Å². The number of hydrogen-bond donors (Lipinski definition) is 7. The van der Waals surface area contributed by atoms with Crippen LogP contribution in [0.25, 0.3) is 0 Å². The summed E-state index contributed by atoms with van der Waals surface area (Å²) in [7, 11) is 0. The maximum Gasteiger partial charge on any atom is 0.364 e. The first kappa shape index (κ1) is 73.5. The Morgan fingerprint density at radius 1 is 0.479 bits per heavy atom. The number of nitrogens with zero attached hydrogens (tertiary/aromatic N) is 6. The average Bonchev–Trinajstić information content (AvgIpc) is 1.61. The predicted molar refractivity (Wildman–Crippen MR) is 334 cm³/mol. The van der Waals surface area contributed by atoms with E-state index < -0.39 is 104 Å². The van der Waals surface area contributed by atoms with Crippen LogP contribution in [0.3, 0.4) is 0 Å². The molecule has 20 nitrogen and oxygen atoms in total. The summed E-state index contributed by atoms with van der Waals surface area (Å²) in [4.78, 5) is 76.5. The molecular formula is C67H72F9N13O7. The van der Waals surface area contributed by atoms with Gasteiger partial charge in [-0.25, -0.2) is 13.2 Å². The summed E-state index contributed by atoms with van der Waals surface area (Å²) in [6.45, 7) is 19.6. The molecule has 29 heteroatoms. The second-order valence-corrected chi connectivity index (χ2v) is 26.1. The third kappa shape index (κ3) is 15.9. The van der Waals surface area contributed by atoms with Crippen molar-refractivity contribution >= 4 is 52.5 Å². The first-order valence-electron chi connectivity index (χ1n) is 30.2. The van der Waals surface area contributed by atoms with Gasteiger partial charge in [0.2, 0.25) is 0 Å². The van der Waals surface area contributed by atoms with E-state index in [4.69, 9.17) is 20.5 Å². The van der Waals surface area contributed by atoms with E-state index >= 15 is 26.3 Å². The molecule has 6 amide bonds.